The standard InChI is InChI=1S/2Lu.O7Si2/c;;1-8(2,3)7-9(4,5)6/q2*+3;-6. The molecule has 0 aliphatic heterocycles. The van der Waals surface area contributed by atoms with E-state index < -0.39 is 18.1 Å². The van der Waals surface area contributed by atoms with Gasteiger partial charge in [-0.3, -0.25) is 0 Å². The second-order valence-corrected chi connectivity index (χ2v) is 3.92. The van der Waals surface area contributed by atoms with Gasteiger partial charge in [-0.15, -0.1) is 18.1 Å². The maximum absolute atomic E-state index is 9.36. The molecular formula is Lu2O7Si2. The van der Waals surface area contributed by atoms with Crippen molar-refractivity contribution < 1.29 is 107 Å². The Bertz CT molecular complexity index is 79.6. The Morgan fingerprint density at radius 1 is 0.636 bits per heavy atom. The molecule has 0 rings (SSSR count). The maximum Gasteiger partial charge on any atom is 3.00 e. The fourth-order valence-corrected chi connectivity index (χ4v) is 1.38. The molecule has 0 heterocycles. The van der Waals surface area contributed by atoms with Gasteiger partial charge in [0.2, 0.25) is 0 Å². The molecule has 0 spiro atoms. The van der Waals surface area contributed by atoms with Crippen LogP contribution in [0.25, 0.3) is 0 Å². The van der Waals surface area contributed by atoms with E-state index in [9.17, 15) is 28.8 Å². The molecule has 0 N–H and O–H groups in total. The number of hydrogen-bond donors (Lipinski definition) is 0. The van der Waals surface area contributed by atoms with Crippen molar-refractivity contribution in [2.75, 3.05) is 0 Å². The average Bonchev–Trinajstić information content (AvgIpc) is 1.14. The molecule has 0 saturated heterocycles. The molecule has 0 saturated carbocycles. The van der Waals surface area contributed by atoms with Gasteiger partial charge in [-0.05, 0) is 0 Å². The average molecular weight is 518 g/mol. The third kappa shape index (κ3) is 19.2. The quantitative estimate of drug-likeness (QED) is 0.330. The third-order valence-electron chi connectivity index (χ3n) is 0.250. The molecule has 80 valence electrons. The van der Waals surface area contributed by atoms with Crippen LogP contribution in [0.15, 0.2) is 0 Å². The second kappa shape index (κ2) is 6.99. The predicted molar refractivity (Wildman–Crippen MR) is 12.6 cm³/mol. The van der Waals surface area contributed by atoms with Crippen molar-refractivity contribution in [2.45, 2.75) is 0 Å². The van der Waals surface area contributed by atoms with Crippen LogP contribution in [0.4, 0.5) is 0 Å². The Hall–Kier alpha value is 2.62. The zero-order valence-electron chi connectivity index (χ0n) is 4.37. The molecule has 0 aromatic rings. The number of hydrogen-bond acceptors (Lipinski definition) is 7. The van der Waals surface area contributed by atoms with E-state index in [1.54, 1.807) is 0 Å². The van der Waals surface area contributed by atoms with Crippen molar-refractivity contribution in [3.8, 4) is 0 Å². The summed E-state index contributed by atoms with van der Waals surface area (Å²) >= 11 is 0. The third-order valence-corrected chi connectivity index (χ3v) is 2.25. The molecule has 0 unspecified atom stereocenters. The smallest absolute Gasteiger partial charge is 0.862 e. The van der Waals surface area contributed by atoms with E-state index in [1.807, 2.05) is 0 Å². The van der Waals surface area contributed by atoms with Gasteiger partial charge in [0.15, 0.2) is 0 Å². The van der Waals surface area contributed by atoms with Gasteiger partial charge in [0.1, 0.15) is 0 Å². The minimum Gasteiger partial charge on any atom is -0.862 e. The number of rotatable bonds is 2. The Labute approximate surface area is 123 Å². The normalized spacial score (nSPS) is 11.5. The molecule has 0 aliphatic carbocycles. The molecule has 0 amide bonds. The Morgan fingerprint density at radius 3 is 0.818 bits per heavy atom. The first-order valence-electron chi connectivity index (χ1n) is 1.63. The van der Waals surface area contributed by atoms with Gasteiger partial charge >= 0.3 is 73.7 Å². The minimum absolute atomic E-state index is 0. The summed E-state index contributed by atoms with van der Waals surface area (Å²) in [6.45, 7) is 0. The Morgan fingerprint density at radius 2 is 0.818 bits per heavy atom. The molecule has 7 nitrogen and oxygen atoms in total. The first kappa shape index (κ1) is 19.2. The molecule has 0 atom stereocenters. The zero-order valence-corrected chi connectivity index (χ0v) is 9.69. The summed E-state index contributed by atoms with van der Waals surface area (Å²) in [4.78, 5) is 56.2. The fraction of sp³-hybridized carbons (Fsp3) is 0. The monoisotopic (exact) mass is 518 g/mol. The van der Waals surface area contributed by atoms with Crippen LogP contribution in [0, 0.1) is 73.7 Å². The van der Waals surface area contributed by atoms with Crippen molar-refractivity contribution in [2.24, 2.45) is 0 Å². The Kier molecular flexibility index (Phi) is 12.2. The van der Waals surface area contributed by atoms with E-state index >= 15 is 0 Å². The van der Waals surface area contributed by atoms with Crippen LogP contribution in [-0.2, 0) is 4.12 Å². The first-order valence-corrected chi connectivity index (χ1v) is 4.90. The van der Waals surface area contributed by atoms with Gasteiger partial charge < -0.3 is 32.9 Å². The van der Waals surface area contributed by atoms with Crippen molar-refractivity contribution >= 4 is 18.1 Å². The summed E-state index contributed by atoms with van der Waals surface area (Å²) < 4.78 is 2.57. The Balaban J connectivity index is -0.000000320. The second-order valence-electron chi connectivity index (χ2n) is 1.10. The molecule has 0 bridgehead atoms. The van der Waals surface area contributed by atoms with Crippen LogP contribution in [-0.4, -0.2) is 18.1 Å². The van der Waals surface area contributed by atoms with Crippen molar-refractivity contribution in [1.29, 1.82) is 0 Å². The summed E-state index contributed by atoms with van der Waals surface area (Å²) in [5.74, 6) is 0. The van der Waals surface area contributed by atoms with Crippen molar-refractivity contribution in [3.63, 3.8) is 0 Å². The summed E-state index contributed by atoms with van der Waals surface area (Å²) in [5.41, 5.74) is 0. The molecule has 0 fully saturated rings. The van der Waals surface area contributed by atoms with Gasteiger partial charge in [0.25, 0.3) is 0 Å². The van der Waals surface area contributed by atoms with E-state index in [1.165, 1.54) is 0 Å². The van der Waals surface area contributed by atoms with Gasteiger partial charge in [0, 0.05) is 0 Å². The van der Waals surface area contributed by atoms with Crippen LogP contribution in [0.1, 0.15) is 0 Å². The van der Waals surface area contributed by atoms with E-state index in [0.717, 1.165) is 0 Å². The van der Waals surface area contributed by atoms with Crippen molar-refractivity contribution in [3.05, 3.63) is 0 Å². The largest absolute Gasteiger partial charge is 3.00 e. The van der Waals surface area contributed by atoms with Gasteiger partial charge in [-0.25, -0.2) is 0 Å². The van der Waals surface area contributed by atoms with Crippen LogP contribution >= 0.6 is 0 Å². The van der Waals surface area contributed by atoms with Gasteiger partial charge in [-0.1, -0.05) is 0 Å². The zero-order chi connectivity index (χ0) is 7.71. The van der Waals surface area contributed by atoms with Crippen LogP contribution in [0.5, 0.6) is 0 Å². The summed E-state index contributed by atoms with van der Waals surface area (Å²) in [6, 6.07) is 0. The van der Waals surface area contributed by atoms with E-state index in [-0.39, 0.29) is 73.7 Å². The molecule has 0 aliphatic rings. The predicted octanol–water partition coefficient (Wildman–Crippen LogP) is -7.96. The van der Waals surface area contributed by atoms with E-state index in [2.05, 4.69) is 4.12 Å². The molecule has 11 heavy (non-hydrogen) atoms. The summed E-state index contributed by atoms with van der Waals surface area (Å²) in [5, 5.41) is 0. The van der Waals surface area contributed by atoms with Crippen molar-refractivity contribution in [1.82, 2.24) is 0 Å². The van der Waals surface area contributed by atoms with Crippen LogP contribution in [0.3, 0.4) is 0 Å². The van der Waals surface area contributed by atoms with Crippen LogP contribution in [0.2, 0.25) is 0 Å². The molecular weight excluding hydrogens is 518 g/mol. The molecule has 0 aromatic carbocycles. The first-order chi connectivity index (χ1) is 3.71. The summed E-state index contributed by atoms with van der Waals surface area (Å²) in [6.07, 6.45) is 0. The van der Waals surface area contributed by atoms with Gasteiger partial charge in [0.05, 0.1) is 0 Å². The summed E-state index contributed by atoms with van der Waals surface area (Å²) in [7, 11) is -11.8. The fourth-order valence-electron chi connectivity index (χ4n) is 0.153. The minimum atomic E-state index is -5.92. The van der Waals surface area contributed by atoms with E-state index in [0.29, 0.717) is 0 Å². The topological polar surface area (TPSA) is 148 Å². The van der Waals surface area contributed by atoms with E-state index in [4.69, 9.17) is 0 Å². The SMILES string of the molecule is [Lu+3].[Lu+3].[O-][Si]([O-])([O-])O[Si]([O-])([O-])[O-]. The molecule has 11 heteroatoms. The molecule has 0 aromatic heterocycles. The van der Waals surface area contributed by atoms with Gasteiger partial charge in [-0.2, -0.15) is 0 Å². The maximum atomic E-state index is 9.36. The molecule has 0 radical (unpaired) electrons. The van der Waals surface area contributed by atoms with Crippen LogP contribution < -0.4 is 28.8 Å².